The zero-order chi connectivity index (χ0) is 7.84. The van der Waals surface area contributed by atoms with E-state index in [2.05, 4.69) is 10.3 Å². The lowest BCUT2D eigenvalue weighted by Crippen LogP contribution is -1.91. The topological polar surface area (TPSA) is 50.9 Å². The van der Waals surface area contributed by atoms with E-state index >= 15 is 0 Å². The molecule has 0 atom stereocenters. The lowest BCUT2D eigenvalue weighted by atomic mass is 10.3. The van der Waals surface area contributed by atoms with Gasteiger partial charge >= 0.3 is 0 Å². The second kappa shape index (κ2) is 2.10. The number of hydrogen-bond acceptors (Lipinski definition) is 3. The molecule has 2 rings (SSSR count). The van der Waals surface area contributed by atoms with Crippen LogP contribution < -0.4 is 0 Å². The third-order valence-corrected chi connectivity index (χ3v) is 1.71. The monoisotopic (exact) mass is 169 g/mol. The van der Waals surface area contributed by atoms with Crippen LogP contribution in [0.2, 0.25) is 5.02 Å². The SMILES string of the molecule is On1nnc2cccc(Cl)c21. The average Bonchev–Trinajstić information content (AvgIpc) is 2.34. The number of benzene rings is 1. The van der Waals surface area contributed by atoms with Gasteiger partial charge in [0.25, 0.3) is 0 Å². The van der Waals surface area contributed by atoms with Crippen molar-refractivity contribution in [1.82, 2.24) is 15.2 Å². The van der Waals surface area contributed by atoms with Crippen molar-refractivity contribution >= 4 is 22.6 Å². The highest BCUT2D eigenvalue weighted by molar-refractivity contribution is 6.34. The molecular formula is C6H4ClN3O. The maximum atomic E-state index is 9.05. The van der Waals surface area contributed by atoms with Crippen LogP contribution in [0.5, 0.6) is 0 Å². The molecule has 1 N–H and O–H groups in total. The lowest BCUT2D eigenvalue weighted by Gasteiger charge is -1.91. The van der Waals surface area contributed by atoms with Crippen LogP contribution in [0.25, 0.3) is 11.0 Å². The van der Waals surface area contributed by atoms with Gasteiger partial charge in [0.2, 0.25) is 0 Å². The van der Waals surface area contributed by atoms with Gasteiger partial charge < -0.3 is 5.21 Å². The van der Waals surface area contributed by atoms with Gasteiger partial charge in [-0.3, -0.25) is 0 Å². The van der Waals surface area contributed by atoms with E-state index < -0.39 is 0 Å². The maximum absolute atomic E-state index is 9.05. The van der Waals surface area contributed by atoms with E-state index in [1.807, 2.05) is 0 Å². The summed E-state index contributed by atoms with van der Waals surface area (Å²) >= 11 is 5.74. The minimum atomic E-state index is 0.439. The van der Waals surface area contributed by atoms with Gasteiger partial charge in [-0.25, -0.2) is 0 Å². The molecule has 4 nitrogen and oxygen atoms in total. The Morgan fingerprint density at radius 3 is 3.00 bits per heavy atom. The van der Waals surface area contributed by atoms with Crippen LogP contribution >= 0.6 is 11.6 Å². The normalized spacial score (nSPS) is 10.6. The van der Waals surface area contributed by atoms with Crippen molar-refractivity contribution in [3.63, 3.8) is 0 Å². The van der Waals surface area contributed by atoms with E-state index in [1.165, 1.54) is 0 Å². The molecule has 0 aliphatic heterocycles. The number of halogens is 1. The molecule has 0 unspecified atom stereocenters. The summed E-state index contributed by atoms with van der Waals surface area (Å²) in [5, 5.41) is 16.5. The van der Waals surface area contributed by atoms with Gasteiger partial charge in [0.1, 0.15) is 11.0 Å². The smallest absolute Gasteiger partial charge is 0.149 e. The van der Waals surface area contributed by atoms with Crippen molar-refractivity contribution in [3.05, 3.63) is 23.2 Å². The Morgan fingerprint density at radius 2 is 2.27 bits per heavy atom. The number of fused-ring (bicyclic) bond motifs is 1. The van der Waals surface area contributed by atoms with Gasteiger partial charge in [-0.15, -0.1) is 5.10 Å². The molecule has 56 valence electrons. The Bertz CT molecular complexity index is 398. The van der Waals surface area contributed by atoms with Gasteiger partial charge in [0.05, 0.1) is 5.02 Å². The van der Waals surface area contributed by atoms with E-state index in [-0.39, 0.29) is 0 Å². The van der Waals surface area contributed by atoms with E-state index in [1.54, 1.807) is 18.2 Å². The summed E-state index contributed by atoms with van der Waals surface area (Å²) in [6.07, 6.45) is 0. The first-order chi connectivity index (χ1) is 5.29. The number of aromatic nitrogens is 3. The van der Waals surface area contributed by atoms with E-state index in [9.17, 15) is 0 Å². The lowest BCUT2D eigenvalue weighted by molar-refractivity contribution is 0.155. The molecule has 0 spiro atoms. The van der Waals surface area contributed by atoms with Crippen molar-refractivity contribution in [2.45, 2.75) is 0 Å². The van der Waals surface area contributed by atoms with Crippen LogP contribution in [-0.4, -0.2) is 20.4 Å². The Hall–Kier alpha value is -1.29. The quantitative estimate of drug-likeness (QED) is 0.606. The van der Waals surface area contributed by atoms with Crippen LogP contribution in [-0.2, 0) is 0 Å². The Morgan fingerprint density at radius 1 is 1.45 bits per heavy atom. The first-order valence-electron chi connectivity index (χ1n) is 2.98. The molecule has 1 aromatic carbocycles. The first-order valence-corrected chi connectivity index (χ1v) is 3.36. The van der Waals surface area contributed by atoms with Crippen LogP contribution in [0.1, 0.15) is 0 Å². The minimum Gasteiger partial charge on any atom is -0.410 e. The first kappa shape index (κ1) is 6.42. The molecule has 5 heteroatoms. The highest BCUT2D eigenvalue weighted by Crippen LogP contribution is 2.19. The Labute approximate surface area is 67.0 Å². The zero-order valence-corrected chi connectivity index (χ0v) is 6.15. The van der Waals surface area contributed by atoms with Gasteiger partial charge in [-0.2, -0.15) is 0 Å². The third kappa shape index (κ3) is 0.832. The van der Waals surface area contributed by atoms with Crippen LogP contribution in [0.3, 0.4) is 0 Å². The molecule has 2 aromatic rings. The third-order valence-electron chi connectivity index (χ3n) is 1.40. The molecule has 0 aliphatic carbocycles. The molecular weight excluding hydrogens is 166 g/mol. The second-order valence-corrected chi connectivity index (χ2v) is 2.49. The predicted molar refractivity (Wildman–Crippen MR) is 39.7 cm³/mol. The highest BCUT2D eigenvalue weighted by atomic mass is 35.5. The molecule has 0 fully saturated rings. The predicted octanol–water partition coefficient (Wildman–Crippen LogP) is 1.32. The van der Waals surface area contributed by atoms with Gasteiger partial charge in [0.15, 0.2) is 0 Å². The molecule has 0 aliphatic rings. The Kier molecular flexibility index (Phi) is 1.22. The largest absolute Gasteiger partial charge is 0.410 e. The van der Waals surface area contributed by atoms with Crippen molar-refractivity contribution in [3.8, 4) is 0 Å². The molecule has 0 saturated heterocycles. The van der Waals surface area contributed by atoms with E-state index in [4.69, 9.17) is 16.8 Å². The molecule has 0 saturated carbocycles. The summed E-state index contributed by atoms with van der Waals surface area (Å²) < 4.78 is 0. The molecule has 0 amide bonds. The summed E-state index contributed by atoms with van der Waals surface area (Å²) in [5.74, 6) is 0. The molecule has 1 aromatic heterocycles. The molecule has 11 heavy (non-hydrogen) atoms. The van der Waals surface area contributed by atoms with Crippen molar-refractivity contribution in [2.75, 3.05) is 0 Å². The molecule has 0 radical (unpaired) electrons. The minimum absolute atomic E-state index is 0.439. The number of nitrogens with zero attached hydrogens (tertiary/aromatic N) is 3. The fourth-order valence-electron chi connectivity index (χ4n) is 0.918. The number of rotatable bonds is 0. The van der Waals surface area contributed by atoms with Crippen molar-refractivity contribution in [2.24, 2.45) is 0 Å². The van der Waals surface area contributed by atoms with Gasteiger partial charge in [-0.1, -0.05) is 22.5 Å². The summed E-state index contributed by atoms with van der Waals surface area (Å²) in [6.45, 7) is 0. The fourth-order valence-corrected chi connectivity index (χ4v) is 1.16. The summed E-state index contributed by atoms with van der Waals surface area (Å²) in [6, 6.07) is 5.14. The number of hydrogen-bond donors (Lipinski definition) is 1. The van der Waals surface area contributed by atoms with E-state index in [0.717, 1.165) is 0 Å². The van der Waals surface area contributed by atoms with Crippen molar-refractivity contribution < 1.29 is 5.21 Å². The summed E-state index contributed by atoms with van der Waals surface area (Å²) in [7, 11) is 0. The highest BCUT2D eigenvalue weighted by Gasteiger charge is 2.05. The second-order valence-electron chi connectivity index (χ2n) is 2.09. The summed E-state index contributed by atoms with van der Waals surface area (Å²) in [4.78, 5) is 0.664. The van der Waals surface area contributed by atoms with Crippen LogP contribution in [0, 0.1) is 0 Å². The van der Waals surface area contributed by atoms with Crippen LogP contribution in [0.15, 0.2) is 18.2 Å². The van der Waals surface area contributed by atoms with Gasteiger partial charge in [0, 0.05) is 0 Å². The van der Waals surface area contributed by atoms with Crippen LogP contribution in [0.4, 0.5) is 0 Å². The average molecular weight is 170 g/mol. The van der Waals surface area contributed by atoms with Crippen molar-refractivity contribution in [1.29, 1.82) is 0 Å². The molecule has 1 heterocycles. The Balaban J connectivity index is 2.96. The van der Waals surface area contributed by atoms with E-state index in [0.29, 0.717) is 20.9 Å². The molecule has 0 bridgehead atoms. The maximum Gasteiger partial charge on any atom is 0.149 e. The zero-order valence-electron chi connectivity index (χ0n) is 5.40. The van der Waals surface area contributed by atoms with Gasteiger partial charge in [-0.05, 0) is 17.3 Å². The number of para-hydroxylation sites is 1. The standard InChI is InChI=1S/C6H4ClN3O/c7-4-2-1-3-5-6(4)10(11)9-8-5/h1-3,11H. The summed E-state index contributed by atoms with van der Waals surface area (Å²) in [5.41, 5.74) is 1.02. The fraction of sp³-hybridized carbons (Fsp3) is 0.